The second-order valence-electron chi connectivity index (χ2n) is 8.40. The molecule has 34 heavy (non-hydrogen) atoms. The Morgan fingerprint density at radius 2 is 1.91 bits per heavy atom. The molecule has 2 N–H and O–H groups in total. The molecular weight excluding hydrogens is 453 g/mol. The van der Waals surface area contributed by atoms with Gasteiger partial charge in [0.1, 0.15) is 11.6 Å². The molecule has 180 valence electrons. The number of amides is 1. The van der Waals surface area contributed by atoms with Gasteiger partial charge in [-0.3, -0.25) is 4.79 Å². The highest BCUT2D eigenvalue weighted by atomic mass is 32.2. The molecule has 7 nitrogen and oxygen atoms in total. The minimum atomic E-state index is -0.393. The first kappa shape index (κ1) is 24.1. The smallest absolute Gasteiger partial charge is 0.237 e. The number of hydrogen-bond acceptors (Lipinski definition) is 6. The molecule has 3 aromatic rings. The quantitative estimate of drug-likeness (QED) is 0.382. The highest BCUT2D eigenvalue weighted by Gasteiger charge is 2.26. The fraction of sp³-hybridized carbons (Fsp3) is 0.400. The molecule has 0 radical (unpaired) electrons. The molecule has 1 saturated carbocycles. The number of nitrogens with one attached hydrogen (secondary N) is 2. The number of methoxy groups -OCH3 is 1. The van der Waals surface area contributed by atoms with Crippen molar-refractivity contribution in [2.75, 3.05) is 17.7 Å². The van der Waals surface area contributed by atoms with E-state index >= 15 is 0 Å². The number of aromatic nitrogens is 3. The third-order valence-electron chi connectivity index (χ3n) is 5.96. The first-order valence-electron chi connectivity index (χ1n) is 11.6. The van der Waals surface area contributed by atoms with Crippen molar-refractivity contribution < 1.29 is 13.9 Å². The highest BCUT2D eigenvalue weighted by molar-refractivity contribution is 8.00. The number of halogens is 1. The molecule has 1 aliphatic rings. The van der Waals surface area contributed by atoms with Crippen LogP contribution >= 0.6 is 11.8 Å². The molecule has 1 aliphatic carbocycles. The summed E-state index contributed by atoms with van der Waals surface area (Å²) in [5.41, 5.74) is 1.51. The number of nitrogens with zero attached hydrogens (tertiary/aromatic N) is 3. The Balaban J connectivity index is 1.48. The van der Waals surface area contributed by atoms with Crippen LogP contribution in [0.3, 0.4) is 0 Å². The predicted octanol–water partition coefficient (Wildman–Crippen LogP) is 5.66. The lowest BCUT2D eigenvalue weighted by Crippen LogP contribution is -2.24. The van der Waals surface area contributed by atoms with Gasteiger partial charge in [-0.2, -0.15) is 0 Å². The summed E-state index contributed by atoms with van der Waals surface area (Å²) in [5.74, 6) is 1.14. The number of carbonyl (C=O) groups is 1. The van der Waals surface area contributed by atoms with Crippen LogP contribution in [-0.4, -0.2) is 33.0 Å². The van der Waals surface area contributed by atoms with Crippen molar-refractivity contribution in [1.29, 1.82) is 0 Å². The molecule has 1 fully saturated rings. The maximum absolute atomic E-state index is 13.2. The first-order chi connectivity index (χ1) is 16.5. The number of carbonyl (C=O) groups excluding carboxylic acids is 1. The van der Waals surface area contributed by atoms with Gasteiger partial charge in [0.25, 0.3) is 0 Å². The zero-order valence-corrected chi connectivity index (χ0v) is 20.3. The van der Waals surface area contributed by atoms with Crippen molar-refractivity contribution in [1.82, 2.24) is 14.8 Å². The Hall–Kier alpha value is -3.07. The van der Waals surface area contributed by atoms with Gasteiger partial charge in [0.05, 0.1) is 18.9 Å². The number of anilines is 2. The molecule has 0 spiro atoms. The number of thioether (sulfide) groups is 1. The van der Waals surface area contributed by atoms with Crippen LogP contribution < -0.4 is 15.4 Å². The van der Waals surface area contributed by atoms with Gasteiger partial charge >= 0.3 is 0 Å². The second-order valence-corrected chi connectivity index (χ2v) is 9.71. The van der Waals surface area contributed by atoms with Crippen LogP contribution in [0.1, 0.15) is 50.9 Å². The summed E-state index contributed by atoms with van der Waals surface area (Å²) in [5, 5.41) is 15.6. The van der Waals surface area contributed by atoms with Crippen LogP contribution in [0.2, 0.25) is 0 Å². The van der Waals surface area contributed by atoms with Gasteiger partial charge in [-0.15, -0.1) is 10.2 Å². The van der Waals surface area contributed by atoms with E-state index in [0.717, 1.165) is 35.3 Å². The summed E-state index contributed by atoms with van der Waals surface area (Å²) in [6.07, 6.45) is 5.75. The lowest BCUT2D eigenvalue weighted by Gasteiger charge is -2.26. The number of ether oxygens (including phenoxy) is 1. The van der Waals surface area contributed by atoms with E-state index in [2.05, 4.69) is 25.4 Å². The van der Waals surface area contributed by atoms with Gasteiger partial charge in [-0.05, 0) is 56.2 Å². The topological polar surface area (TPSA) is 81.1 Å². The van der Waals surface area contributed by atoms with Gasteiger partial charge in [-0.25, -0.2) is 4.39 Å². The van der Waals surface area contributed by atoms with E-state index in [0.29, 0.717) is 18.3 Å². The molecule has 0 bridgehead atoms. The summed E-state index contributed by atoms with van der Waals surface area (Å²) in [6.45, 7) is 2.37. The molecule has 1 aromatic heterocycles. The SMILES string of the molecule is COc1cccc(NCc2nnc(SC(C)C(=O)Nc3ccc(F)cc3)n2C2CCCCC2)c1. The van der Waals surface area contributed by atoms with Crippen molar-refractivity contribution in [3.05, 3.63) is 60.2 Å². The molecule has 0 aliphatic heterocycles. The van der Waals surface area contributed by atoms with E-state index in [1.165, 1.54) is 43.2 Å². The van der Waals surface area contributed by atoms with Gasteiger partial charge in [0.2, 0.25) is 5.91 Å². The largest absolute Gasteiger partial charge is 0.497 e. The zero-order valence-electron chi connectivity index (χ0n) is 19.5. The van der Waals surface area contributed by atoms with Gasteiger partial charge in [-0.1, -0.05) is 37.1 Å². The number of hydrogen-bond donors (Lipinski definition) is 2. The number of rotatable bonds is 9. The van der Waals surface area contributed by atoms with E-state index in [4.69, 9.17) is 4.74 Å². The minimum Gasteiger partial charge on any atom is -0.497 e. The van der Waals surface area contributed by atoms with Crippen LogP contribution in [0.25, 0.3) is 0 Å². The Labute approximate surface area is 203 Å². The van der Waals surface area contributed by atoms with Crippen molar-refractivity contribution >= 4 is 29.0 Å². The monoisotopic (exact) mass is 483 g/mol. The summed E-state index contributed by atoms with van der Waals surface area (Å²) in [7, 11) is 1.65. The normalized spacial score (nSPS) is 15.0. The van der Waals surface area contributed by atoms with Crippen molar-refractivity contribution in [2.45, 2.75) is 62.0 Å². The fourth-order valence-corrected chi connectivity index (χ4v) is 5.06. The molecule has 1 amide bonds. The Morgan fingerprint density at radius 1 is 1.15 bits per heavy atom. The second kappa shape index (κ2) is 11.4. The van der Waals surface area contributed by atoms with E-state index in [9.17, 15) is 9.18 Å². The third kappa shape index (κ3) is 6.08. The van der Waals surface area contributed by atoms with E-state index < -0.39 is 5.25 Å². The molecular formula is C25H30FN5O2S. The molecule has 0 saturated heterocycles. The van der Waals surface area contributed by atoms with Crippen LogP contribution in [-0.2, 0) is 11.3 Å². The Kier molecular flexibility index (Phi) is 8.05. The average Bonchev–Trinajstić information content (AvgIpc) is 3.27. The molecule has 1 heterocycles. The molecule has 4 rings (SSSR count). The van der Waals surface area contributed by atoms with Gasteiger partial charge in [0, 0.05) is 23.5 Å². The van der Waals surface area contributed by atoms with Crippen LogP contribution in [0.4, 0.5) is 15.8 Å². The third-order valence-corrected chi connectivity index (χ3v) is 7.02. The first-order valence-corrected chi connectivity index (χ1v) is 12.5. The lowest BCUT2D eigenvalue weighted by molar-refractivity contribution is -0.115. The van der Waals surface area contributed by atoms with Crippen molar-refractivity contribution in [2.24, 2.45) is 0 Å². The summed E-state index contributed by atoms with van der Waals surface area (Å²) >= 11 is 1.40. The van der Waals surface area contributed by atoms with Crippen LogP contribution in [0, 0.1) is 5.82 Å². The molecule has 1 unspecified atom stereocenters. The van der Waals surface area contributed by atoms with Gasteiger partial charge < -0.3 is 19.9 Å². The Morgan fingerprint density at radius 3 is 2.65 bits per heavy atom. The maximum atomic E-state index is 13.2. The minimum absolute atomic E-state index is 0.161. The van der Waals surface area contributed by atoms with Crippen LogP contribution in [0.5, 0.6) is 5.75 Å². The fourth-order valence-electron chi connectivity index (χ4n) is 4.12. The van der Waals surface area contributed by atoms with Gasteiger partial charge in [0.15, 0.2) is 11.0 Å². The number of benzene rings is 2. The summed E-state index contributed by atoms with van der Waals surface area (Å²) in [4.78, 5) is 12.8. The molecule has 2 aromatic carbocycles. The summed E-state index contributed by atoms with van der Waals surface area (Å²) in [6, 6.07) is 13.9. The van der Waals surface area contributed by atoms with Crippen molar-refractivity contribution in [3.8, 4) is 5.75 Å². The molecule has 1 atom stereocenters. The Bertz CT molecular complexity index is 1100. The van der Waals surface area contributed by atoms with Crippen molar-refractivity contribution in [3.63, 3.8) is 0 Å². The lowest BCUT2D eigenvalue weighted by atomic mass is 9.95. The predicted molar refractivity (Wildman–Crippen MR) is 133 cm³/mol. The standard InChI is InChI=1S/C25H30FN5O2S/c1-17(24(32)28-19-13-11-18(26)12-14-19)34-25-30-29-23(31(25)21-8-4-3-5-9-21)16-27-20-7-6-10-22(15-20)33-2/h6-7,10-15,17,21,27H,3-5,8-9,16H2,1-2H3,(H,28,32). The average molecular weight is 484 g/mol. The maximum Gasteiger partial charge on any atom is 0.237 e. The van der Waals surface area contributed by atoms with E-state index in [1.54, 1.807) is 19.2 Å². The summed E-state index contributed by atoms with van der Waals surface area (Å²) < 4.78 is 20.7. The molecule has 9 heteroatoms. The van der Waals surface area contributed by atoms with Crippen LogP contribution in [0.15, 0.2) is 53.7 Å². The zero-order chi connectivity index (χ0) is 23.9. The van der Waals surface area contributed by atoms with E-state index in [1.807, 2.05) is 31.2 Å². The highest BCUT2D eigenvalue weighted by Crippen LogP contribution is 2.34. The van der Waals surface area contributed by atoms with E-state index in [-0.39, 0.29) is 11.7 Å².